The van der Waals surface area contributed by atoms with Crippen molar-refractivity contribution in [1.29, 1.82) is 0 Å². The van der Waals surface area contributed by atoms with Gasteiger partial charge in [0.05, 0.1) is 11.8 Å². The first-order chi connectivity index (χ1) is 7.56. The molecule has 16 heavy (non-hydrogen) atoms. The number of carbonyl (C=O) groups excluding carboxylic acids is 1. The molecule has 1 atom stereocenters. The Bertz CT molecular complexity index is 360. The third-order valence-corrected chi connectivity index (χ3v) is 2.71. The van der Waals surface area contributed by atoms with E-state index < -0.39 is 0 Å². The van der Waals surface area contributed by atoms with Crippen molar-refractivity contribution in [2.24, 2.45) is 13.0 Å². The highest BCUT2D eigenvalue weighted by molar-refractivity contribution is 5.94. The second kappa shape index (κ2) is 5.65. The predicted molar refractivity (Wildman–Crippen MR) is 61.1 cm³/mol. The lowest BCUT2D eigenvalue weighted by molar-refractivity contribution is 0.0944. The Labute approximate surface area is 95.5 Å². The van der Waals surface area contributed by atoms with Crippen molar-refractivity contribution in [3.05, 3.63) is 17.5 Å². The molecule has 1 aromatic heterocycles. The number of hydrogen-bond donors (Lipinski definition) is 2. The molecule has 0 radical (unpaired) electrons. The van der Waals surface area contributed by atoms with Gasteiger partial charge in [-0.15, -0.1) is 0 Å². The number of rotatable bonds is 5. The van der Waals surface area contributed by atoms with Crippen LogP contribution in [0.5, 0.6) is 0 Å². The molecule has 1 unspecified atom stereocenters. The van der Waals surface area contributed by atoms with Crippen LogP contribution in [0.3, 0.4) is 0 Å². The van der Waals surface area contributed by atoms with Crippen molar-refractivity contribution < 1.29 is 9.90 Å². The Balaban J connectivity index is 2.50. The first-order valence-corrected chi connectivity index (χ1v) is 5.44. The van der Waals surface area contributed by atoms with Gasteiger partial charge in [-0.1, -0.05) is 6.92 Å². The summed E-state index contributed by atoms with van der Waals surface area (Å²) >= 11 is 0. The fourth-order valence-corrected chi connectivity index (χ4v) is 1.41. The summed E-state index contributed by atoms with van der Waals surface area (Å²) in [7, 11) is 1.81. The van der Waals surface area contributed by atoms with Crippen LogP contribution in [-0.2, 0) is 7.05 Å². The molecule has 5 nitrogen and oxygen atoms in total. The zero-order valence-electron chi connectivity index (χ0n) is 10.0. The van der Waals surface area contributed by atoms with Gasteiger partial charge in [0.25, 0.3) is 5.91 Å². The number of hydrogen-bond acceptors (Lipinski definition) is 3. The third-order valence-electron chi connectivity index (χ3n) is 2.71. The van der Waals surface area contributed by atoms with E-state index in [-0.39, 0.29) is 18.4 Å². The average Bonchev–Trinajstić information content (AvgIpc) is 2.57. The Morgan fingerprint density at radius 2 is 2.38 bits per heavy atom. The predicted octanol–water partition coefficient (Wildman–Crippen LogP) is 0.477. The quantitative estimate of drug-likeness (QED) is 0.765. The minimum absolute atomic E-state index is 0.101. The summed E-state index contributed by atoms with van der Waals surface area (Å²) in [6.07, 6.45) is 2.27. The highest BCUT2D eigenvalue weighted by atomic mass is 16.3. The van der Waals surface area contributed by atoms with Crippen LogP contribution in [0.1, 0.15) is 29.4 Å². The molecule has 0 bridgehead atoms. The van der Waals surface area contributed by atoms with Crippen molar-refractivity contribution in [1.82, 2.24) is 15.1 Å². The topological polar surface area (TPSA) is 67.2 Å². The van der Waals surface area contributed by atoms with Crippen molar-refractivity contribution >= 4 is 5.91 Å². The van der Waals surface area contributed by atoms with Crippen molar-refractivity contribution in [3.8, 4) is 0 Å². The van der Waals surface area contributed by atoms with Gasteiger partial charge in [0.2, 0.25) is 0 Å². The molecule has 0 fully saturated rings. The number of nitrogens with one attached hydrogen (secondary N) is 1. The zero-order chi connectivity index (χ0) is 12.1. The van der Waals surface area contributed by atoms with Gasteiger partial charge in [0.15, 0.2) is 0 Å². The number of nitrogens with zero attached hydrogens (tertiary/aromatic N) is 2. The number of amides is 1. The molecule has 0 saturated carbocycles. The maximum Gasteiger partial charge on any atom is 0.254 e. The summed E-state index contributed by atoms with van der Waals surface area (Å²) in [5.41, 5.74) is 1.46. The number of carbonyl (C=O) groups is 1. The molecule has 0 aliphatic rings. The minimum atomic E-state index is -0.101. The van der Waals surface area contributed by atoms with E-state index in [9.17, 15) is 4.79 Å². The number of aliphatic hydroxyl groups excluding tert-OH is 1. The molecule has 0 aliphatic heterocycles. The molecule has 90 valence electrons. The lowest BCUT2D eigenvalue weighted by atomic mass is 10.1. The lowest BCUT2D eigenvalue weighted by Crippen LogP contribution is -2.29. The van der Waals surface area contributed by atoms with Gasteiger partial charge in [-0.3, -0.25) is 9.48 Å². The first kappa shape index (κ1) is 12.7. The fraction of sp³-hybridized carbons (Fsp3) is 0.636. The van der Waals surface area contributed by atoms with Gasteiger partial charge in [-0.05, 0) is 19.3 Å². The summed E-state index contributed by atoms with van der Waals surface area (Å²) in [5, 5.41) is 15.6. The van der Waals surface area contributed by atoms with E-state index >= 15 is 0 Å². The maximum atomic E-state index is 11.8. The summed E-state index contributed by atoms with van der Waals surface area (Å²) in [4.78, 5) is 11.8. The lowest BCUT2D eigenvalue weighted by Gasteiger charge is -2.10. The van der Waals surface area contributed by atoms with Crippen LogP contribution in [0.15, 0.2) is 6.20 Å². The van der Waals surface area contributed by atoms with Crippen LogP contribution in [0, 0.1) is 12.8 Å². The van der Waals surface area contributed by atoms with E-state index in [0.29, 0.717) is 18.5 Å². The molecule has 1 heterocycles. The van der Waals surface area contributed by atoms with Crippen LogP contribution in [0.4, 0.5) is 0 Å². The first-order valence-electron chi connectivity index (χ1n) is 5.44. The van der Waals surface area contributed by atoms with E-state index in [1.807, 2.05) is 13.8 Å². The molecule has 5 heteroatoms. The molecule has 0 spiro atoms. The van der Waals surface area contributed by atoms with Gasteiger partial charge in [-0.2, -0.15) is 5.10 Å². The van der Waals surface area contributed by atoms with Gasteiger partial charge in [0.1, 0.15) is 0 Å². The van der Waals surface area contributed by atoms with Gasteiger partial charge in [0, 0.05) is 25.9 Å². The van der Waals surface area contributed by atoms with Crippen LogP contribution >= 0.6 is 0 Å². The number of aryl methyl sites for hydroxylation is 1. The Morgan fingerprint density at radius 1 is 1.69 bits per heavy atom. The SMILES string of the molecule is Cc1c(C(=O)NCC(C)CCO)cnn1C. The molecule has 1 rings (SSSR count). The normalized spacial score (nSPS) is 12.5. The monoisotopic (exact) mass is 225 g/mol. The molecule has 0 saturated heterocycles. The largest absolute Gasteiger partial charge is 0.396 e. The highest BCUT2D eigenvalue weighted by Gasteiger charge is 2.13. The number of aromatic nitrogens is 2. The summed E-state index contributed by atoms with van der Waals surface area (Å²) in [6, 6.07) is 0. The molecular formula is C11H19N3O2. The molecule has 0 aliphatic carbocycles. The van der Waals surface area contributed by atoms with Gasteiger partial charge >= 0.3 is 0 Å². The minimum Gasteiger partial charge on any atom is -0.396 e. The van der Waals surface area contributed by atoms with Crippen molar-refractivity contribution in [2.45, 2.75) is 20.3 Å². The Hall–Kier alpha value is -1.36. The van der Waals surface area contributed by atoms with E-state index in [1.165, 1.54) is 0 Å². The van der Waals surface area contributed by atoms with Crippen molar-refractivity contribution in [2.75, 3.05) is 13.2 Å². The summed E-state index contributed by atoms with van der Waals surface area (Å²) in [6.45, 7) is 4.59. The van der Waals surface area contributed by atoms with Crippen LogP contribution in [0.25, 0.3) is 0 Å². The third kappa shape index (κ3) is 3.06. The molecule has 0 aromatic carbocycles. The Morgan fingerprint density at radius 3 is 2.88 bits per heavy atom. The Kier molecular flexibility index (Phi) is 4.49. The summed E-state index contributed by atoms with van der Waals surface area (Å²) in [5.74, 6) is 0.182. The van der Waals surface area contributed by atoms with E-state index in [2.05, 4.69) is 10.4 Å². The van der Waals surface area contributed by atoms with E-state index in [4.69, 9.17) is 5.11 Å². The second-order valence-corrected chi connectivity index (χ2v) is 4.09. The fourth-order valence-electron chi connectivity index (χ4n) is 1.41. The van der Waals surface area contributed by atoms with E-state index in [1.54, 1.807) is 17.9 Å². The zero-order valence-corrected chi connectivity index (χ0v) is 10.0. The summed E-state index contributed by atoms with van der Waals surface area (Å²) < 4.78 is 1.67. The molecule has 1 aromatic rings. The maximum absolute atomic E-state index is 11.8. The van der Waals surface area contributed by atoms with Gasteiger partial charge < -0.3 is 10.4 Å². The highest BCUT2D eigenvalue weighted by Crippen LogP contribution is 2.06. The van der Waals surface area contributed by atoms with E-state index in [0.717, 1.165) is 5.69 Å². The van der Waals surface area contributed by atoms with Crippen LogP contribution in [-0.4, -0.2) is 33.9 Å². The molecular weight excluding hydrogens is 206 g/mol. The van der Waals surface area contributed by atoms with Crippen LogP contribution < -0.4 is 5.32 Å². The second-order valence-electron chi connectivity index (χ2n) is 4.09. The standard InChI is InChI=1S/C11H19N3O2/c1-8(4-5-15)6-12-11(16)10-7-13-14(3)9(10)2/h7-8,15H,4-6H2,1-3H3,(H,12,16). The number of aliphatic hydroxyl groups is 1. The molecule has 1 amide bonds. The average molecular weight is 225 g/mol. The van der Waals surface area contributed by atoms with Crippen LogP contribution in [0.2, 0.25) is 0 Å². The van der Waals surface area contributed by atoms with Crippen molar-refractivity contribution in [3.63, 3.8) is 0 Å². The molecule has 2 N–H and O–H groups in total. The van der Waals surface area contributed by atoms with Gasteiger partial charge in [-0.25, -0.2) is 0 Å². The smallest absolute Gasteiger partial charge is 0.254 e.